The van der Waals surface area contributed by atoms with Gasteiger partial charge in [0.2, 0.25) is 11.8 Å². The molecule has 4 heteroatoms. The Morgan fingerprint density at radius 1 is 1.16 bits per heavy atom. The molecule has 98 valence electrons. The second-order valence-electron chi connectivity index (χ2n) is 5.34. The van der Waals surface area contributed by atoms with Crippen molar-refractivity contribution in [1.29, 1.82) is 0 Å². The highest BCUT2D eigenvalue weighted by molar-refractivity contribution is 6.07. The summed E-state index contributed by atoms with van der Waals surface area (Å²) >= 11 is 0. The molecule has 0 saturated carbocycles. The summed E-state index contributed by atoms with van der Waals surface area (Å²) < 4.78 is 0. The Labute approximate surface area is 111 Å². The third-order valence-electron chi connectivity index (χ3n) is 4.15. The predicted octanol–water partition coefficient (Wildman–Crippen LogP) is 1.40. The van der Waals surface area contributed by atoms with Crippen LogP contribution in [0.15, 0.2) is 18.2 Å². The lowest BCUT2D eigenvalue weighted by Crippen LogP contribution is -2.44. The van der Waals surface area contributed by atoms with Gasteiger partial charge in [-0.2, -0.15) is 0 Å². The Kier molecular flexibility index (Phi) is 2.73. The number of piperidine rings is 1. The highest BCUT2D eigenvalue weighted by Crippen LogP contribution is 2.36. The van der Waals surface area contributed by atoms with Gasteiger partial charge in [0, 0.05) is 23.8 Å². The Morgan fingerprint density at radius 3 is 2.63 bits per heavy atom. The van der Waals surface area contributed by atoms with Gasteiger partial charge in [-0.05, 0) is 30.9 Å². The van der Waals surface area contributed by atoms with Gasteiger partial charge in [-0.3, -0.25) is 19.7 Å². The number of imide groups is 1. The maximum atomic E-state index is 12.5. The molecule has 1 fully saturated rings. The highest BCUT2D eigenvalue weighted by atomic mass is 16.2. The van der Waals surface area contributed by atoms with E-state index >= 15 is 0 Å². The molecule has 1 heterocycles. The van der Waals surface area contributed by atoms with Crippen LogP contribution in [0.5, 0.6) is 0 Å². The van der Waals surface area contributed by atoms with Crippen LogP contribution in [0.25, 0.3) is 0 Å². The number of hydrogen-bond acceptors (Lipinski definition) is 3. The molecular weight excluding hydrogens is 242 g/mol. The van der Waals surface area contributed by atoms with E-state index < -0.39 is 0 Å². The lowest BCUT2D eigenvalue weighted by atomic mass is 9.82. The molecule has 1 aliphatic carbocycles. The van der Waals surface area contributed by atoms with E-state index in [0.29, 0.717) is 19.3 Å². The van der Waals surface area contributed by atoms with Crippen LogP contribution < -0.4 is 5.32 Å². The van der Waals surface area contributed by atoms with Crippen LogP contribution in [0.1, 0.15) is 34.3 Å². The summed E-state index contributed by atoms with van der Waals surface area (Å²) in [7, 11) is 0. The molecule has 2 amide bonds. The fraction of sp³-hybridized carbons (Fsp3) is 0.400. The van der Waals surface area contributed by atoms with Gasteiger partial charge in [-0.1, -0.05) is 18.2 Å². The number of rotatable bonds is 1. The van der Waals surface area contributed by atoms with Crippen molar-refractivity contribution in [3.05, 3.63) is 34.9 Å². The van der Waals surface area contributed by atoms with Gasteiger partial charge < -0.3 is 0 Å². The average molecular weight is 257 g/mol. The van der Waals surface area contributed by atoms with Crippen LogP contribution in [0.4, 0.5) is 0 Å². The molecule has 4 nitrogen and oxygen atoms in total. The van der Waals surface area contributed by atoms with E-state index in [-0.39, 0.29) is 29.4 Å². The summed E-state index contributed by atoms with van der Waals surface area (Å²) in [5, 5.41) is 2.34. The number of hydrogen-bond donors (Lipinski definition) is 1. The van der Waals surface area contributed by atoms with E-state index in [1.807, 2.05) is 25.1 Å². The van der Waals surface area contributed by atoms with E-state index in [9.17, 15) is 14.4 Å². The zero-order chi connectivity index (χ0) is 13.6. The van der Waals surface area contributed by atoms with Crippen LogP contribution in [-0.2, 0) is 16.0 Å². The largest absolute Gasteiger partial charge is 0.296 e. The van der Waals surface area contributed by atoms with Crippen molar-refractivity contribution in [3.8, 4) is 0 Å². The topological polar surface area (TPSA) is 63.2 Å². The second kappa shape index (κ2) is 4.30. The zero-order valence-corrected chi connectivity index (χ0v) is 10.7. The van der Waals surface area contributed by atoms with E-state index in [1.54, 1.807) is 0 Å². The summed E-state index contributed by atoms with van der Waals surface area (Å²) in [6.45, 7) is 1.92. The molecule has 0 bridgehead atoms. The first-order chi connectivity index (χ1) is 9.08. The molecule has 1 N–H and O–H groups in total. The van der Waals surface area contributed by atoms with Gasteiger partial charge in [0.1, 0.15) is 0 Å². The van der Waals surface area contributed by atoms with Gasteiger partial charge in [-0.15, -0.1) is 0 Å². The summed E-state index contributed by atoms with van der Waals surface area (Å²) in [5.41, 5.74) is 2.77. The molecule has 1 aromatic carbocycles. The van der Waals surface area contributed by atoms with Crippen LogP contribution in [0.2, 0.25) is 0 Å². The van der Waals surface area contributed by atoms with E-state index in [1.165, 1.54) is 0 Å². The van der Waals surface area contributed by atoms with E-state index in [0.717, 1.165) is 16.7 Å². The molecule has 1 saturated heterocycles. The maximum Gasteiger partial charge on any atom is 0.230 e. The second-order valence-corrected chi connectivity index (χ2v) is 5.34. The predicted molar refractivity (Wildman–Crippen MR) is 68.6 cm³/mol. The third-order valence-corrected chi connectivity index (χ3v) is 4.15. The minimum absolute atomic E-state index is 0.0580. The lowest BCUT2D eigenvalue weighted by molar-refractivity contribution is -0.137. The SMILES string of the molecule is Cc1cccc2c1C(=O)[C@@H](C1CCC(=O)NC1=O)C2. The van der Waals surface area contributed by atoms with Gasteiger partial charge in [-0.25, -0.2) is 0 Å². The molecule has 19 heavy (non-hydrogen) atoms. The number of ketones is 1. The molecule has 2 aliphatic rings. The van der Waals surface area contributed by atoms with Crippen molar-refractivity contribution in [2.45, 2.75) is 26.2 Å². The number of aryl methyl sites for hydroxylation is 1. The minimum Gasteiger partial charge on any atom is -0.296 e. The van der Waals surface area contributed by atoms with Gasteiger partial charge in [0.15, 0.2) is 5.78 Å². The van der Waals surface area contributed by atoms with Gasteiger partial charge in [0.25, 0.3) is 0 Å². The third kappa shape index (κ3) is 1.87. The molecule has 0 aromatic heterocycles. The lowest BCUT2D eigenvalue weighted by Gasteiger charge is -2.24. The highest BCUT2D eigenvalue weighted by Gasteiger charge is 2.42. The smallest absolute Gasteiger partial charge is 0.230 e. The summed E-state index contributed by atoms with van der Waals surface area (Å²) in [5.74, 6) is -1.13. The quantitative estimate of drug-likeness (QED) is 0.773. The Balaban J connectivity index is 1.90. The van der Waals surface area contributed by atoms with Gasteiger partial charge >= 0.3 is 0 Å². The van der Waals surface area contributed by atoms with Crippen LogP contribution in [0.3, 0.4) is 0 Å². The number of carbonyl (C=O) groups excluding carboxylic acids is 3. The van der Waals surface area contributed by atoms with Crippen molar-refractivity contribution in [2.24, 2.45) is 11.8 Å². The van der Waals surface area contributed by atoms with Crippen molar-refractivity contribution in [2.75, 3.05) is 0 Å². The van der Waals surface area contributed by atoms with Crippen molar-refractivity contribution in [1.82, 2.24) is 5.32 Å². The first-order valence-corrected chi connectivity index (χ1v) is 6.54. The molecule has 1 aliphatic heterocycles. The first kappa shape index (κ1) is 12.1. The van der Waals surface area contributed by atoms with Crippen LogP contribution >= 0.6 is 0 Å². The summed E-state index contributed by atoms with van der Waals surface area (Å²) in [6, 6.07) is 5.81. The number of fused-ring (bicyclic) bond motifs is 1. The van der Waals surface area contributed by atoms with Crippen molar-refractivity contribution in [3.63, 3.8) is 0 Å². The van der Waals surface area contributed by atoms with Gasteiger partial charge in [0.05, 0.1) is 0 Å². The molecule has 0 spiro atoms. The number of amides is 2. The van der Waals surface area contributed by atoms with Crippen molar-refractivity contribution < 1.29 is 14.4 Å². The molecule has 0 radical (unpaired) electrons. The Hall–Kier alpha value is -1.97. The average Bonchev–Trinajstić information content (AvgIpc) is 2.68. The Morgan fingerprint density at radius 2 is 1.95 bits per heavy atom. The number of benzene rings is 1. The molecule has 2 atom stereocenters. The standard InChI is InChI=1S/C15H15NO3/c1-8-3-2-4-9-7-11(14(18)13(8)9)10-5-6-12(17)16-15(10)19/h2-4,10-11H,5-7H2,1H3,(H,16,17,19)/t10?,11-/m1/s1. The zero-order valence-electron chi connectivity index (χ0n) is 10.7. The monoisotopic (exact) mass is 257 g/mol. The summed E-state index contributed by atoms with van der Waals surface area (Å²) in [4.78, 5) is 35.5. The fourth-order valence-corrected chi connectivity index (χ4v) is 3.19. The molecule has 1 unspecified atom stereocenters. The Bertz CT molecular complexity index is 591. The van der Waals surface area contributed by atoms with Crippen LogP contribution in [-0.4, -0.2) is 17.6 Å². The summed E-state index contributed by atoms with van der Waals surface area (Å²) in [6.07, 6.45) is 1.42. The fourth-order valence-electron chi connectivity index (χ4n) is 3.19. The first-order valence-electron chi connectivity index (χ1n) is 6.54. The normalized spacial score (nSPS) is 26.3. The van der Waals surface area contributed by atoms with E-state index in [4.69, 9.17) is 0 Å². The molecule has 1 aromatic rings. The maximum absolute atomic E-state index is 12.5. The van der Waals surface area contributed by atoms with Crippen molar-refractivity contribution >= 4 is 17.6 Å². The number of Topliss-reactive ketones (excluding diaryl/α,β-unsaturated/α-hetero) is 1. The number of carbonyl (C=O) groups is 3. The molecular formula is C15H15NO3. The van der Waals surface area contributed by atoms with Crippen LogP contribution in [0, 0.1) is 18.8 Å². The minimum atomic E-state index is -0.364. The number of nitrogens with one attached hydrogen (secondary N) is 1. The van der Waals surface area contributed by atoms with E-state index in [2.05, 4.69) is 5.32 Å². The molecule has 3 rings (SSSR count).